The number of carbonyl (C=O) groups is 2. The predicted octanol–water partition coefficient (Wildman–Crippen LogP) is 3.32. The Morgan fingerprint density at radius 2 is 1.84 bits per heavy atom. The van der Waals surface area contributed by atoms with Gasteiger partial charge < -0.3 is 14.4 Å². The molecule has 166 valence electrons. The van der Waals surface area contributed by atoms with Crippen LogP contribution in [0.3, 0.4) is 0 Å². The number of amides is 2. The minimum Gasteiger partial charge on any atom is -0.496 e. The van der Waals surface area contributed by atoms with Crippen molar-refractivity contribution in [2.75, 3.05) is 43.2 Å². The number of hydrogen-bond acceptors (Lipinski definition) is 6. The maximum atomic E-state index is 13.3. The number of nitrogens with one attached hydrogen (secondary N) is 1. The molecule has 0 aliphatic carbocycles. The first-order valence-corrected chi connectivity index (χ1v) is 10.9. The Labute approximate surface area is 196 Å². The van der Waals surface area contributed by atoms with Crippen molar-refractivity contribution in [3.05, 3.63) is 58.1 Å². The van der Waals surface area contributed by atoms with Gasteiger partial charge in [0.1, 0.15) is 11.3 Å². The Kier molecular flexibility index (Phi) is 6.45. The summed E-state index contributed by atoms with van der Waals surface area (Å²) in [6, 6.07) is 10.8. The molecule has 2 heterocycles. The van der Waals surface area contributed by atoms with Gasteiger partial charge in [0.05, 0.1) is 26.0 Å². The minimum absolute atomic E-state index is 0.0218. The number of carbonyl (C=O) groups excluding carboxylic acids is 2. The molecule has 2 aromatic carbocycles. The molecule has 2 fully saturated rings. The van der Waals surface area contributed by atoms with Crippen LogP contribution in [-0.4, -0.2) is 50.3 Å². The minimum atomic E-state index is -0.554. The first-order valence-electron chi connectivity index (χ1n) is 10.1. The number of halogens is 1. The highest BCUT2D eigenvalue weighted by Crippen LogP contribution is 2.30. The number of nitrogens with zero attached hydrogens (tertiary/aromatic N) is 2. The fraction of sp³-hybridized carbons (Fsp3) is 0.261. The molecule has 0 aromatic heterocycles. The molecular weight excluding hydrogens is 450 g/mol. The van der Waals surface area contributed by atoms with E-state index in [4.69, 9.17) is 33.3 Å². The number of anilines is 2. The van der Waals surface area contributed by atoms with E-state index in [-0.39, 0.29) is 10.7 Å². The third-order valence-electron chi connectivity index (χ3n) is 5.39. The first kappa shape index (κ1) is 22.3. The SMILES string of the molecule is COc1cc(N2CCOCC2)ccc1/C=C1\C(=O)NC(=S)N(c2ccc(Cl)c(C)c2)C1=O. The van der Waals surface area contributed by atoms with E-state index >= 15 is 0 Å². The summed E-state index contributed by atoms with van der Waals surface area (Å²) in [5, 5.41) is 3.20. The Hall–Kier alpha value is -2.94. The number of benzene rings is 2. The topological polar surface area (TPSA) is 71.1 Å². The molecule has 0 saturated carbocycles. The molecule has 9 heteroatoms. The van der Waals surface area contributed by atoms with Crippen LogP contribution in [0.1, 0.15) is 11.1 Å². The van der Waals surface area contributed by atoms with Crippen LogP contribution in [-0.2, 0) is 14.3 Å². The van der Waals surface area contributed by atoms with Gasteiger partial charge in [0.25, 0.3) is 11.8 Å². The molecule has 2 aliphatic heterocycles. The number of thiocarbonyl (C=S) groups is 1. The van der Waals surface area contributed by atoms with Crippen molar-refractivity contribution < 1.29 is 19.1 Å². The van der Waals surface area contributed by atoms with Crippen LogP contribution in [0.15, 0.2) is 42.0 Å². The van der Waals surface area contributed by atoms with Gasteiger partial charge in [0.15, 0.2) is 5.11 Å². The zero-order valence-electron chi connectivity index (χ0n) is 17.7. The van der Waals surface area contributed by atoms with Crippen molar-refractivity contribution in [1.82, 2.24) is 5.32 Å². The van der Waals surface area contributed by atoms with Crippen LogP contribution >= 0.6 is 23.8 Å². The lowest BCUT2D eigenvalue weighted by atomic mass is 10.0. The first-order chi connectivity index (χ1) is 15.4. The smallest absolute Gasteiger partial charge is 0.270 e. The number of hydrogen-bond donors (Lipinski definition) is 1. The number of aryl methyl sites for hydroxylation is 1. The quantitative estimate of drug-likeness (QED) is 0.419. The maximum absolute atomic E-state index is 13.3. The standard InChI is InChI=1S/C23H22ClN3O4S/c1-14-11-17(5-6-19(14)24)27-22(29)18(21(28)25-23(27)32)12-15-3-4-16(13-20(15)30-2)26-7-9-31-10-8-26/h3-6,11-13H,7-10H2,1-2H3,(H,25,28,32)/b18-12+. The van der Waals surface area contributed by atoms with Crippen molar-refractivity contribution in [3.8, 4) is 5.75 Å². The monoisotopic (exact) mass is 471 g/mol. The van der Waals surface area contributed by atoms with Gasteiger partial charge in [-0.1, -0.05) is 11.6 Å². The van der Waals surface area contributed by atoms with Crippen molar-refractivity contribution in [2.24, 2.45) is 0 Å². The summed E-state index contributed by atoms with van der Waals surface area (Å²) >= 11 is 11.4. The molecule has 2 aliphatic rings. The molecule has 0 bridgehead atoms. The van der Waals surface area contributed by atoms with E-state index in [9.17, 15) is 9.59 Å². The highest BCUT2D eigenvalue weighted by Gasteiger charge is 2.34. The van der Waals surface area contributed by atoms with E-state index < -0.39 is 11.8 Å². The van der Waals surface area contributed by atoms with E-state index in [0.717, 1.165) is 24.3 Å². The second kappa shape index (κ2) is 9.28. The third kappa shape index (κ3) is 4.34. The fourth-order valence-electron chi connectivity index (χ4n) is 3.65. The second-order valence-corrected chi connectivity index (χ2v) is 8.21. The molecular formula is C23H22ClN3O4S. The number of ether oxygens (including phenoxy) is 2. The van der Waals surface area contributed by atoms with Crippen LogP contribution in [0.2, 0.25) is 5.02 Å². The summed E-state index contributed by atoms with van der Waals surface area (Å²) in [6.07, 6.45) is 1.52. The lowest BCUT2D eigenvalue weighted by Crippen LogP contribution is -2.54. The molecule has 7 nitrogen and oxygen atoms in total. The van der Waals surface area contributed by atoms with Gasteiger partial charge in [-0.15, -0.1) is 0 Å². The third-order valence-corrected chi connectivity index (χ3v) is 6.10. The Bertz CT molecular complexity index is 1130. The average molecular weight is 472 g/mol. The lowest BCUT2D eigenvalue weighted by molar-refractivity contribution is -0.122. The molecule has 0 unspecified atom stereocenters. The van der Waals surface area contributed by atoms with E-state index in [0.29, 0.717) is 35.2 Å². The van der Waals surface area contributed by atoms with Gasteiger partial charge in [0.2, 0.25) is 0 Å². The number of rotatable bonds is 4. The van der Waals surface area contributed by atoms with Crippen LogP contribution in [0.5, 0.6) is 5.75 Å². The fourth-order valence-corrected chi connectivity index (χ4v) is 4.05. The summed E-state index contributed by atoms with van der Waals surface area (Å²) in [4.78, 5) is 29.4. The van der Waals surface area contributed by atoms with Gasteiger partial charge in [0, 0.05) is 35.4 Å². The summed E-state index contributed by atoms with van der Waals surface area (Å²) in [7, 11) is 1.56. The molecule has 2 aromatic rings. The molecule has 2 amide bonds. The zero-order valence-corrected chi connectivity index (χ0v) is 19.3. The number of methoxy groups -OCH3 is 1. The van der Waals surface area contributed by atoms with Crippen LogP contribution in [0.25, 0.3) is 6.08 Å². The second-order valence-electron chi connectivity index (χ2n) is 7.42. The molecule has 0 radical (unpaired) electrons. The van der Waals surface area contributed by atoms with Crippen LogP contribution in [0.4, 0.5) is 11.4 Å². The normalized spacial score (nSPS) is 18.2. The molecule has 32 heavy (non-hydrogen) atoms. The van der Waals surface area contributed by atoms with Crippen LogP contribution in [0, 0.1) is 6.92 Å². The van der Waals surface area contributed by atoms with Gasteiger partial charge in [-0.05, 0) is 61.1 Å². The largest absolute Gasteiger partial charge is 0.496 e. The van der Waals surface area contributed by atoms with Crippen molar-refractivity contribution in [3.63, 3.8) is 0 Å². The molecule has 1 N–H and O–H groups in total. The van der Waals surface area contributed by atoms with Crippen LogP contribution < -0.4 is 19.9 Å². The van der Waals surface area contributed by atoms with Gasteiger partial charge in [-0.25, -0.2) is 0 Å². The van der Waals surface area contributed by atoms with E-state index in [1.165, 1.54) is 11.0 Å². The molecule has 0 atom stereocenters. The maximum Gasteiger partial charge on any atom is 0.270 e. The van der Waals surface area contributed by atoms with Gasteiger partial charge >= 0.3 is 0 Å². The highest BCUT2D eigenvalue weighted by molar-refractivity contribution is 7.80. The molecule has 4 rings (SSSR count). The lowest BCUT2D eigenvalue weighted by Gasteiger charge is -2.30. The van der Waals surface area contributed by atoms with E-state index in [2.05, 4.69) is 10.2 Å². The average Bonchev–Trinajstić information content (AvgIpc) is 2.79. The Morgan fingerprint density at radius 1 is 1.12 bits per heavy atom. The Morgan fingerprint density at radius 3 is 2.53 bits per heavy atom. The molecule has 2 saturated heterocycles. The zero-order chi connectivity index (χ0) is 22.8. The predicted molar refractivity (Wildman–Crippen MR) is 128 cm³/mol. The number of morpholine rings is 1. The van der Waals surface area contributed by atoms with Crippen molar-refractivity contribution >= 4 is 58.2 Å². The van der Waals surface area contributed by atoms with E-state index in [1.807, 2.05) is 25.1 Å². The summed E-state index contributed by atoms with van der Waals surface area (Å²) in [6.45, 7) is 4.75. The van der Waals surface area contributed by atoms with Gasteiger partial charge in [-0.2, -0.15) is 0 Å². The van der Waals surface area contributed by atoms with Crippen molar-refractivity contribution in [2.45, 2.75) is 6.92 Å². The van der Waals surface area contributed by atoms with E-state index in [1.54, 1.807) is 25.3 Å². The summed E-state index contributed by atoms with van der Waals surface area (Å²) < 4.78 is 11.0. The summed E-state index contributed by atoms with van der Waals surface area (Å²) in [5.41, 5.74) is 2.89. The Balaban J connectivity index is 1.68. The molecule has 0 spiro atoms. The van der Waals surface area contributed by atoms with Crippen molar-refractivity contribution in [1.29, 1.82) is 0 Å². The summed E-state index contributed by atoms with van der Waals surface area (Å²) in [5.74, 6) is -0.509. The highest BCUT2D eigenvalue weighted by atomic mass is 35.5. The van der Waals surface area contributed by atoms with Gasteiger partial charge in [-0.3, -0.25) is 19.8 Å².